The molecule has 2 rings (SSSR count). The minimum atomic E-state index is -1.56. The molecule has 1 N–H and O–H groups in total. The van der Waals surface area contributed by atoms with Crippen molar-refractivity contribution in [2.45, 2.75) is 6.92 Å². The Kier molecular flexibility index (Phi) is 5.04. The van der Waals surface area contributed by atoms with Gasteiger partial charge in [0.1, 0.15) is 0 Å². The summed E-state index contributed by atoms with van der Waals surface area (Å²) in [7, 11) is 0. The van der Waals surface area contributed by atoms with Crippen molar-refractivity contribution >= 4 is 17.3 Å². The molecule has 0 saturated heterocycles. The molecule has 3 nitrogen and oxygen atoms in total. The molecule has 0 aromatic heterocycles. The zero-order valence-electron chi connectivity index (χ0n) is 11.9. The van der Waals surface area contributed by atoms with Gasteiger partial charge >= 0.3 is 0 Å². The second kappa shape index (κ2) is 6.98. The Labute approximate surface area is 126 Å². The van der Waals surface area contributed by atoms with E-state index in [-0.39, 0.29) is 18.1 Å². The molecule has 0 spiro atoms. The summed E-state index contributed by atoms with van der Waals surface area (Å²) in [6, 6.07) is 10.8. The first-order valence-corrected chi connectivity index (χ1v) is 6.77. The van der Waals surface area contributed by atoms with Gasteiger partial charge in [-0.05, 0) is 31.2 Å². The maximum atomic E-state index is 13.5. The van der Waals surface area contributed by atoms with Crippen LogP contribution in [0.2, 0.25) is 0 Å². The van der Waals surface area contributed by atoms with E-state index in [4.69, 9.17) is 0 Å². The number of nitrogens with zero attached hydrogens (tertiary/aromatic N) is 1. The molecule has 0 aliphatic heterocycles. The van der Waals surface area contributed by atoms with Crippen LogP contribution in [0.25, 0.3) is 0 Å². The van der Waals surface area contributed by atoms with Gasteiger partial charge in [-0.3, -0.25) is 4.79 Å². The third-order valence-electron chi connectivity index (χ3n) is 3.15. The van der Waals surface area contributed by atoms with Crippen LogP contribution in [-0.2, 0) is 4.79 Å². The molecule has 0 heterocycles. The van der Waals surface area contributed by atoms with Crippen molar-refractivity contribution in [3.8, 4) is 0 Å². The van der Waals surface area contributed by atoms with Crippen LogP contribution in [0.3, 0.4) is 0 Å². The van der Waals surface area contributed by atoms with Crippen molar-refractivity contribution in [3.05, 3.63) is 59.9 Å². The predicted molar refractivity (Wildman–Crippen MR) is 79.3 cm³/mol. The molecule has 2 aromatic rings. The first-order valence-electron chi connectivity index (χ1n) is 6.77. The third-order valence-corrected chi connectivity index (χ3v) is 3.15. The normalized spacial score (nSPS) is 10.4. The molecule has 0 unspecified atom stereocenters. The molecule has 22 heavy (non-hydrogen) atoms. The number of benzene rings is 2. The van der Waals surface area contributed by atoms with E-state index in [1.54, 1.807) is 24.3 Å². The Morgan fingerprint density at radius 2 is 1.73 bits per heavy atom. The molecule has 0 aliphatic carbocycles. The number of hydrogen-bond acceptors (Lipinski definition) is 2. The Hall–Kier alpha value is -2.50. The van der Waals surface area contributed by atoms with Gasteiger partial charge in [0.2, 0.25) is 5.91 Å². The molecular formula is C16H15F3N2O. The average Bonchev–Trinajstić information content (AvgIpc) is 2.54. The van der Waals surface area contributed by atoms with Gasteiger partial charge in [0, 0.05) is 12.2 Å². The van der Waals surface area contributed by atoms with Crippen molar-refractivity contribution in [1.29, 1.82) is 0 Å². The van der Waals surface area contributed by atoms with Crippen LogP contribution in [0.1, 0.15) is 6.92 Å². The molecule has 0 aliphatic rings. The second-order valence-electron chi connectivity index (χ2n) is 4.55. The summed E-state index contributed by atoms with van der Waals surface area (Å²) < 4.78 is 39.5. The van der Waals surface area contributed by atoms with Gasteiger partial charge < -0.3 is 10.2 Å². The van der Waals surface area contributed by atoms with Gasteiger partial charge in [0.15, 0.2) is 17.5 Å². The molecule has 0 fully saturated rings. The minimum absolute atomic E-state index is 0.231. The molecule has 2 aromatic carbocycles. The number of nitrogens with one attached hydrogen (secondary N) is 1. The summed E-state index contributed by atoms with van der Waals surface area (Å²) in [5.74, 6) is -4.48. The molecule has 6 heteroatoms. The predicted octanol–water partition coefficient (Wildman–Crippen LogP) is 3.57. The summed E-state index contributed by atoms with van der Waals surface area (Å²) in [6.07, 6.45) is 0. The zero-order chi connectivity index (χ0) is 16.1. The van der Waals surface area contributed by atoms with Crippen LogP contribution < -0.4 is 10.2 Å². The molecule has 0 atom stereocenters. The van der Waals surface area contributed by atoms with Crippen molar-refractivity contribution in [2.24, 2.45) is 0 Å². The zero-order valence-corrected chi connectivity index (χ0v) is 11.9. The van der Waals surface area contributed by atoms with Crippen molar-refractivity contribution in [1.82, 2.24) is 0 Å². The number of halogens is 3. The highest BCUT2D eigenvalue weighted by Crippen LogP contribution is 2.20. The van der Waals surface area contributed by atoms with Crippen LogP contribution >= 0.6 is 0 Å². The van der Waals surface area contributed by atoms with Gasteiger partial charge in [-0.15, -0.1) is 0 Å². The fraction of sp³-hybridized carbons (Fsp3) is 0.188. The van der Waals surface area contributed by atoms with Crippen LogP contribution in [0.4, 0.5) is 24.5 Å². The second-order valence-corrected chi connectivity index (χ2v) is 4.55. The largest absolute Gasteiger partial charge is 0.374 e. The average molecular weight is 308 g/mol. The lowest BCUT2D eigenvalue weighted by atomic mass is 10.2. The molecule has 0 saturated carbocycles. The fourth-order valence-electron chi connectivity index (χ4n) is 2.04. The van der Waals surface area contributed by atoms with E-state index in [0.29, 0.717) is 12.2 Å². The van der Waals surface area contributed by atoms with E-state index in [1.807, 2.05) is 13.0 Å². The number of likely N-dealkylation sites (N-methyl/N-ethyl adjacent to an activating group) is 1. The number of carbonyl (C=O) groups is 1. The van der Waals surface area contributed by atoms with Crippen molar-refractivity contribution in [3.63, 3.8) is 0 Å². The maximum Gasteiger partial charge on any atom is 0.246 e. The number of rotatable bonds is 5. The number of anilines is 2. The van der Waals surface area contributed by atoms with E-state index < -0.39 is 17.5 Å². The maximum absolute atomic E-state index is 13.5. The van der Waals surface area contributed by atoms with E-state index in [9.17, 15) is 18.0 Å². The molecule has 0 bridgehead atoms. The highest BCUT2D eigenvalue weighted by atomic mass is 19.2. The summed E-state index contributed by atoms with van der Waals surface area (Å²) >= 11 is 0. The Morgan fingerprint density at radius 1 is 1.05 bits per heavy atom. The van der Waals surface area contributed by atoms with E-state index in [1.165, 1.54) is 4.90 Å². The lowest BCUT2D eigenvalue weighted by Gasteiger charge is -2.21. The fourth-order valence-corrected chi connectivity index (χ4v) is 2.04. The van der Waals surface area contributed by atoms with Gasteiger partial charge in [0.05, 0.1) is 12.2 Å². The first kappa shape index (κ1) is 15.9. The van der Waals surface area contributed by atoms with Crippen molar-refractivity contribution < 1.29 is 18.0 Å². The number of amides is 1. The molecule has 1 amide bonds. The smallest absolute Gasteiger partial charge is 0.246 e. The SMILES string of the molecule is CCN(C(=O)CNc1ccc(F)c(F)c1F)c1ccccc1. The lowest BCUT2D eigenvalue weighted by Crippen LogP contribution is -2.35. The topological polar surface area (TPSA) is 32.3 Å². The summed E-state index contributed by atoms with van der Waals surface area (Å²) in [6.45, 7) is 2.01. The van der Waals surface area contributed by atoms with E-state index in [0.717, 1.165) is 12.1 Å². The standard InChI is InChI=1S/C16H15F3N2O/c1-2-21(11-6-4-3-5-7-11)14(22)10-20-13-9-8-12(17)15(18)16(13)19/h3-9,20H,2,10H2,1H3. The van der Waals surface area contributed by atoms with Crippen LogP contribution in [0.15, 0.2) is 42.5 Å². The van der Waals surface area contributed by atoms with E-state index >= 15 is 0 Å². The Bertz CT molecular complexity index is 662. The van der Waals surface area contributed by atoms with Crippen molar-refractivity contribution in [2.75, 3.05) is 23.3 Å². The molecular weight excluding hydrogens is 293 g/mol. The van der Waals surface area contributed by atoms with E-state index in [2.05, 4.69) is 5.32 Å². The molecule has 0 radical (unpaired) electrons. The lowest BCUT2D eigenvalue weighted by molar-refractivity contribution is -0.116. The highest BCUT2D eigenvalue weighted by molar-refractivity contribution is 5.96. The van der Waals surface area contributed by atoms with Gasteiger partial charge in [-0.1, -0.05) is 18.2 Å². The Balaban J connectivity index is 2.08. The summed E-state index contributed by atoms with van der Waals surface area (Å²) in [5, 5.41) is 2.49. The van der Waals surface area contributed by atoms with Gasteiger partial charge in [0.25, 0.3) is 0 Å². The number of hydrogen-bond donors (Lipinski definition) is 1. The highest BCUT2D eigenvalue weighted by Gasteiger charge is 2.16. The van der Waals surface area contributed by atoms with Crippen LogP contribution in [0.5, 0.6) is 0 Å². The summed E-state index contributed by atoms with van der Waals surface area (Å²) in [4.78, 5) is 13.7. The summed E-state index contributed by atoms with van der Waals surface area (Å²) in [5.41, 5.74) is 0.457. The monoisotopic (exact) mass is 308 g/mol. The third kappa shape index (κ3) is 3.39. The molecule has 116 valence electrons. The van der Waals surface area contributed by atoms with Gasteiger partial charge in [-0.2, -0.15) is 0 Å². The Morgan fingerprint density at radius 3 is 2.36 bits per heavy atom. The van der Waals surface area contributed by atoms with Crippen LogP contribution in [-0.4, -0.2) is 19.0 Å². The number of carbonyl (C=O) groups excluding carboxylic acids is 1. The quantitative estimate of drug-likeness (QED) is 0.857. The first-order chi connectivity index (χ1) is 10.5. The minimum Gasteiger partial charge on any atom is -0.374 e. The van der Waals surface area contributed by atoms with Crippen LogP contribution in [0, 0.1) is 17.5 Å². The number of para-hydroxylation sites is 1. The van der Waals surface area contributed by atoms with Gasteiger partial charge in [-0.25, -0.2) is 13.2 Å².